The van der Waals surface area contributed by atoms with Gasteiger partial charge in [0.25, 0.3) is 0 Å². The maximum atomic E-state index is 6.02. The minimum absolute atomic E-state index is 0.0798. The van der Waals surface area contributed by atoms with Gasteiger partial charge < -0.3 is 14.8 Å². The van der Waals surface area contributed by atoms with Gasteiger partial charge in [0.2, 0.25) is 0 Å². The number of methoxy groups -OCH3 is 1. The Hall–Kier alpha value is -3.03. The Balaban J connectivity index is 1.45. The predicted molar refractivity (Wildman–Crippen MR) is 111 cm³/mol. The molecule has 0 spiro atoms. The predicted octanol–water partition coefficient (Wildman–Crippen LogP) is 3.51. The molecule has 0 bridgehead atoms. The average molecular weight is 391 g/mol. The number of ether oxygens (including phenoxy) is 2. The summed E-state index contributed by atoms with van der Waals surface area (Å²) in [5.74, 6) is 2.32. The Morgan fingerprint density at radius 2 is 2.14 bits per heavy atom. The number of benzene rings is 1. The molecule has 3 heterocycles. The summed E-state index contributed by atoms with van der Waals surface area (Å²) in [5, 5.41) is 3.18. The first-order valence-electron chi connectivity index (χ1n) is 9.69. The second-order valence-corrected chi connectivity index (χ2v) is 7.07. The molecule has 1 aromatic carbocycles. The molecule has 1 aliphatic rings. The zero-order chi connectivity index (χ0) is 20.1. The molecule has 0 aliphatic carbocycles. The van der Waals surface area contributed by atoms with Crippen LogP contribution in [0.25, 0.3) is 0 Å². The maximum absolute atomic E-state index is 6.02. The number of hydrogen-bond acceptors (Lipinski definition) is 7. The van der Waals surface area contributed by atoms with Crippen LogP contribution in [0.1, 0.15) is 22.9 Å². The monoisotopic (exact) mass is 391 g/mol. The quantitative estimate of drug-likeness (QED) is 0.689. The lowest BCUT2D eigenvalue weighted by molar-refractivity contribution is -0.0350. The Morgan fingerprint density at radius 3 is 2.97 bits per heavy atom. The summed E-state index contributed by atoms with van der Waals surface area (Å²) < 4.78 is 11.6. The molecule has 0 radical (unpaired) electrons. The van der Waals surface area contributed by atoms with E-state index in [1.165, 1.54) is 11.1 Å². The summed E-state index contributed by atoms with van der Waals surface area (Å²) >= 11 is 0. The summed E-state index contributed by atoms with van der Waals surface area (Å²) in [4.78, 5) is 15.4. The number of aromatic nitrogens is 3. The van der Waals surface area contributed by atoms with Crippen LogP contribution in [-0.2, 0) is 11.3 Å². The van der Waals surface area contributed by atoms with Crippen molar-refractivity contribution in [3.63, 3.8) is 0 Å². The van der Waals surface area contributed by atoms with Crippen molar-refractivity contribution in [2.75, 3.05) is 32.1 Å². The second-order valence-electron chi connectivity index (χ2n) is 7.07. The van der Waals surface area contributed by atoms with Gasteiger partial charge in [-0.05, 0) is 30.7 Å². The maximum Gasteiger partial charge on any atom is 0.150 e. The minimum atomic E-state index is -0.0798. The zero-order valence-electron chi connectivity index (χ0n) is 16.7. The molecule has 1 N–H and O–H groups in total. The van der Waals surface area contributed by atoms with Crippen molar-refractivity contribution in [2.24, 2.45) is 0 Å². The summed E-state index contributed by atoms with van der Waals surface area (Å²) in [5.41, 5.74) is 3.28. The first-order chi connectivity index (χ1) is 14.2. The summed E-state index contributed by atoms with van der Waals surface area (Å²) in [6, 6.07) is 12.2. The molecular weight excluding hydrogens is 366 g/mol. The largest absolute Gasteiger partial charge is 0.496 e. The van der Waals surface area contributed by atoms with Crippen LogP contribution in [0.5, 0.6) is 5.75 Å². The third-order valence-electron chi connectivity index (χ3n) is 4.91. The standard InChI is InChI=1S/C22H25N5O2/c1-16-6-7-17(19(12-16)28-2)14-27-10-11-29-20(15-27)18-4-3-5-21(25-18)26-22-13-23-8-9-24-22/h3-9,12-13,20H,10-11,14-15H2,1-2H3,(H,24,25,26). The van der Waals surface area contributed by atoms with Gasteiger partial charge >= 0.3 is 0 Å². The molecule has 0 saturated carbocycles. The van der Waals surface area contributed by atoms with Crippen LogP contribution >= 0.6 is 0 Å². The van der Waals surface area contributed by atoms with Crippen LogP contribution in [0.4, 0.5) is 11.6 Å². The molecular formula is C22H25N5O2. The van der Waals surface area contributed by atoms with Crippen LogP contribution in [0, 0.1) is 6.92 Å². The summed E-state index contributed by atoms with van der Waals surface area (Å²) in [7, 11) is 1.72. The van der Waals surface area contributed by atoms with E-state index in [1.807, 2.05) is 18.2 Å². The fraction of sp³-hybridized carbons (Fsp3) is 0.318. The van der Waals surface area contributed by atoms with Gasteiger partial charge in [-0.25, -0.2) is 9.97 Å². The van der Waals surface area contributed by atoms with Crippen molar-refractivity contribution in [1.29, 1.82) is 0 Å². The lowest BCUT2D eigenvalue weighted by Crippen LogP contribution is -2.38. The Labute approximate surface area is 170 Å². The highest BCUT2D eigenvalue weighted by Gasteiger charge is 2.24. The molecule has 150 valence electrons. The van der Waals surface area contributed by atoms with Gasteiger partial charge in [-0.3, -0.25) is 9.88 Å². The molecule has 7 heteroatoms. The highest BCUT2D eigenvalue weighted by Crippen LogP contribution is 2.26. The number of anilines is 2. The fourth-order valence-electron chi connectivity index (χ4n) is 3.44. The zero-order valence-corrected chi connectivity index (χ0v) is 16.7. The van der Waals surface area contributed by atoms with Gasteiger partial charge in [0.05, 0.1) is 25.6 Å². The third kappa shape index (κ3) is 4.88. The molecule has 1 atom stereocenters. The van der Waals surface area contributed by atoms with Crippen molar-refractivity contribution < 1.29 is 9.47 Å². The number of nitrogens with zero attached hydrogens (tertiary/aromatic N) is 4. The SMILES string of the molecule is COc1cc(C)ccc1CN1CCOC(c2cccc(Nc3cnccn3)n2)C1. The van der Waals surface area contributed by atoms with Gasteiger partial charge in [-0.2, -0.15) is 0 Å². The number of morpholine rings is 1. The summed E-state index contributed by atoms with van der Waals surface area (Å²) in [6.45, 7) is 5.22. The van der Waals surface area contributed by atoms with Crippen LogP contribution in [0.3, 0.4) is 0 Å². The molecule has 1 fully saturated rings. The molecule has 1 aliphatic heterocycles. The van der Waals surface area contributed by atoms with Crippen molar-refractivity contribution in [3.8, 4) is 5.75 Å². The molecule has 4 rings (SSSR count). The van der Waals surface area contributed by atoms with Crippen molar-refractivity contribution in [1.82, 2.24) is 19.9 Å². The van der Waals surface area contributed by atoms with Gasteiger partial charge in [0, 0.05) is 37.6 Å². The Kier molecular flexibility index (Phi) is 5.97. The van der Waals surface area contributed by atoms with Crippen molar-refractivity contribution in [3.05, 3.63) is 71.8 Å². The smallest absolute Gasteiger partial charge is 0.150 e. The molecule has 29 heavy (non-hydrogen) atoms. The number of pyridine rings is 1. The molecule has 0 amide bonds. The van der Waals surface area contributed by atoms with E-state index in [-0.39, 0.29) is 6.10 Å². The normalized spacial score (nSPS) is 17.1. The van der Waals surface area contributed by atoms with E-state index in [0.29, 0.717) is 12.4 Å². The molecule has 1 unspecified atom stereocenters. The van der Waals surface area contributed by atoms with Gasteiger partial charge in [0.1, 0.15) is 23.5 Å². The minimum Gasteiger partial charge on any atom is -0.496 e. The molecule has 1 saturated heterocycles. The van der Waals surface area contributed by atoms with Gasteiger partial charge in [0.15, 0.2) is 0 Å². The van der Waals surface area contributed by atoms with Gasteiger partial charge in [-0.15, -0.1) is 0 Å². The van der Waals surface area contributed by atoms with Crippen LogP contribution in [0.15, 0.2) is 55.0 Å². The second kappa shape index (κ2) is 8.98. The fourth-order valence-corrected chi connectivity index (χ4v) is 3.44. The highest BCUT2D eigenvalue weighted by atomic mass is 16.5. The highest BCUT2D eigenvalue weighted by molar-refractivity contribution is 5.50. The number of aryl methyl sites for hydroxylation is 1. The van der Waals surface area contributed by atoms with Crippen LogP contribution in [0.2, 0.25) is 0 Å². The molecule has 2 aromatic heterocycles. The van der Waals surface area contributed by atoms with Crippen LogP contribution < -0.4 is 10.1 Å². The van der Waals surface area contributed by atoms with E-state index in [0.717, 1.165) is 36.9 Å². The lowest BCUT2D eigenvalue weighted by atomic mass is 10.1. The average Bonchev–Trinajstić information content (AvgIpc) is 2.76. The first kappa shape index (κ1) is 19.3. The van der Waals surface area contributed by atoms with E-state index in [2.05, 4.69) is 45.3 Å². The third-order valence-corrected chi connectivity index (χ3v) is 4.91. The van der Waals surface area contributed by atoms with E-state index in [4.69, 9.17) is 14.5 Å². The van der Waals surface area contributed by atoms with Crippen LogP contribution in [-0.4, -0.2) is 46.7 Å². The number of rotatable bonds is 6. The lowest BCUT2D eigenvalue weighted by Gasteiger charge is -2.33. The summed E-state index contributed by atoms with van der Waals surface area (Å²) in [6.07, 6.45) is 4.88. The van der Waals surface area contributed by atoms with E-state index < -0.39 is 0 Å². The number of nitrogens with one attached hydrogen (secondary N) is 1. The van der Waals surface area contributed by atoms with E-state index >= 15 is 0 Å². The van der Waals surface area contributed by atoms with E-state index in [1.54, 1.807) is 25.7 Å². The molecule has 3 aromatic rings. The van der Waals surface area contributed by atoms with Crippen molar-refractivity contribution >= 4 is 11.6 Å². The number of hydrogen-bond donors (Lipinski definition) is 1. The Morgan fingerprint density at radius 1 is 1.21 bits per heavy atom. The van der Waals surface area contributed by atoms with E-state index in [9.17, 15) is 0 Å². The first-order valence-corrected chi connectivity index (χ1v) is 9.69. The van der Waals surface area contributed by atoms with Crippen molar-refractivity contribution in [2.45, 2.75) is 19.6 Å². The Bertz CT molecular complexity index is 951. The molecule has 7 nitrogen and oxygen atoms in total. The van der Waals surface area contributed by atoms with Gasteiger partial charge in [-0.1, -0.05) is 18.2 Å². The topological polar surface area (TPSA) is 72.4 Å².